The number of fused-ring (bicyclic) bond motifs is 1. The van der Waals surface area contributed by atoms with Crippen LogP contribution in [0.4, 0.5) is 10.1 Å². The van der Waals surface area contributed by atoms with E-state index in [9.17, 15) is 9.18 Å². The van der Waals surface area contributed by atoms with Crippen molar-refractivity contribution in [3.63, 3.8) is 0 Å². The number of ether oxygens (including phenoxy) is 1. The maximum absolute atomic E-state index is 13.9. The van der Waals surface area contributed by atoms with Gasteiger partial charge < -0.3 is 15.4 Å². The Hall–Kier alpha value is -2.78. The Morgan fingerprint density at radius 1 is 1.33 bits per heavy atom. The molecule has 3 aromatic heterocycles. The number of carbonyl (C=O) groups excluding carboxylic acids is 1. The number of halogens is 2. The minimum atomic E-state index is -1.12. The van der Waals surface area contributed by atoms with Gasteiger partial charge in [0.05, 0.1) is 59.2 Å². The van der Waals surface area contributed by atoms with Crippen molar-refractivity contribution in [2.45, 2.75) is 26.1 Å². The first-order chi connectivity index (χ1) is 14.4. The SMILES string of the molecule is CC(C)C(F)CNC(=O)c1cnc(-c2cnn3cc(Cl)cnc23)cc1NC1COC1. The summed E-state index contributed by atoms with van der Waals surface area (Å²) in [6.07, 6.45) is 5.20. The van der Waals surface area contributed by atoms with E-state index in [1.807, 2.05) is 0 Å². The Balaban J connectivity index is 1.64. The molecule has 1 amide bonds. The molecule has 1 fully saturated rings. The van der Waals surface area contributed by atoms with Crippen LogP contribution in [-0.2, 0) is 4.74 Å². The van der Waals surface area contributed by atoms with Crippen LogP contribution in [0.2, 0.25) is 5.02 Å². The molecule has 4 rings (SSSR count). The van der Waals surface area contributed by atoms with Crippen molar-refractivity contribution in [2.75, 3.05) is 25.1 Å². The Bertz CT molecular complexity index is 1070. The van der Waals surface area contributed by atoms with E-state index in [1.165, 1.54) is 12.4 Å². The number of carbonyl (C=O) groups is 1. The maximum atomic E-state index is 13.9. The van der Waals surface area contributed by atoms with Crippen LogP contribution in [0.3, 0.4) is 0 Å². The van der Waals surface area contributed by atoms with E-state index < -0.39 is 6.17 Å². The molecule has 30 heavy (non-hydrogen) atoms. The van der Waals surface area contributed by atoms with Gasteiger partial charge in [0.25, 0.3) is 5.91 Å². The maximum Gasteiger partial charge on any atom is 0.255 e. The van der Waals surface area contributed by atoms with Crippen LogP contribution >= 0.6 is 11.6 Å². The van der Waals surface area contributed by atoms with Crippen molar-refractivity contribution >= 4 is 28.8 Å². The molecular formula is C20H22ClFN6O2. The van der Waals surface area contributed by atoms with Crippen LogP contribution in [0.25, 0.3) is 16.9 Å². The second kappa shape index (κ2) is 8.53. The molecule has 1 aliphatic rings. The first kappa shape index (κ1) is 20.5. The molecule has 1 aliphatic heterocycles. The van der Waals surface area contributed by atoms with Crippen molar-refractivity contribution in [1.29, 1.82) is 0 Å². The van der Waals surface area contributed by atoms with Gasteiger partial charge in [-0.15, -0.1) is 0 Å². The lowest BCUT2D eigenvalue weighted by Gasteiger charge is -2.28. The fourth-order valence-electron chi connectivity index (χ4n) is 3.00. The van der Waals surface area contributed by atoms with Crippen LogP contribution in [0.5, 0.6) is 0 Å². The smallest absolute Gasteiger partial charge is 0.255 e. The van der Waals surface area contributed by atoms with Gasteiger partial charge in [-0.05, 0) is 12.0 Å². The lowest BCUT2D eigenvalue weighted by Crippen LogP contribution is -2.41. The minimum absolute atomic E-state index is 0.0526. The number of nitrogens with one attached hydrogen (secondary N) is 2. The van der Waals surface area contributed by atoms with Crippen molar-refractivity contribution < 1.29 is 13.9 Å². The summed E-state index contributed by atoms with van der Waals surface area (Å²) in [5.74, 6) is -0.558. The summed E-state index contributed by atoms with van der Waals surface area (Å²) in [5, 5.41) is 10.7. The number of rotatable bonds is 7. The quantitative estimate of drug-likeness (QED) is 0.596. The highest BCUT2D eigenvalue weighted by Crippen LogP contribution is 2.27. The van der Waals surface area contributed by atoms with Crippen LogP contribution < -0.4 is 10.6 Å². The molecule has 0 radical (unpaired) electrons. The zero-order chi connectivity index (χ0) is 21.3. The van der Waals surface area contributed by atoms with Crippen LogP contribution in [0.1, 0.15) is 24.2 Å². The van der Waals surface area contributed by atoms with Crippen molar-refractivity contribution in [1.82, 2.24) is 24.9 Å². The predicted octanol–water partition coefficient (Wildman–Crippen LogP) is 2.98. The van der Waals surface area contributed by atoms with Gasteiger partial charge in [0.1, 0.15) is 6.17 Å². The summed E-state index contributed by atoms with van der Waals surface area (Å²) in [6, 6.07) is 1.87. The van der Waals surface area contributed by atoms with Crippen molar-refractivity contribution in [3.8, 4) is 11.3 Å². The third-order valence-electron chi connectivity index (χ3n) is 4.93. The number of amides is 1. The molecule has 8 nitrogen and oxygen atoms in total. The lowest BCUT2D eigenvalue weighted by molar-refractivity contribution is 0.0210. The van der Waals surface area contributed by atoms with E-state index in [-0.39, 0.29) is 24.4 Å². The number of pyridine rings is 1. The van der Waals surface area contributed by atoms with Crippen molar-refractivity contribution in [2.24, 2.45) is 5.92 Å². The summed E-state index contributed by atoms with van der Waals surface area (Å²) in [4.78, 5) is 21.5. The number of nitrogens with zero attached hydrogens (tertiary/aromatic N) is 4. The summed E-state index contributed by atoms with van der Waals surface area (Å²) >= 11 is 5.97. The molecule has 158 valence electrons. The zero-order valence-electron chi connectivity index (χ0n) is 16.6. The summed E-state index contributed by atoms with van der Waals surface area (Å²) < 4.78 is 20.7. The van der Waals surface area contributed by atoms with E-state index in [4.69, 9.17) is 16.3 Å². The highest BCUT2D eigenvalue weighted by atomic mass is 35.5. The second-order valence-corrected chi connectivity index (χ2v) is 8.00. The third-order valence-corrected chi connectivity index (χ3v) is 5.12. The molecule has 0 saturated carbocycles. The molecular weight excluding hydrogens is 411 g/mol. The first-order valence-corrected chi connectivity index (χ1v) is 10.1. The van der Waals surface area contributed by atoms with Gasteiger partial charge in [-0.3, -0.25) is 9.78 Å². The minimum Gasteiger partial charge on any atom is -0.377 e. The normalized spacial score (nSPS) is 15.2. The highest BCUT2D eigenvalue weighted by molar-refractivity contribution is 6.30. The zero-order valence-corrected chi connectivity index (χ0v) is 17.4. The van der Waals surface area contributed by atoms with Gasteiger partial charge in [0.2, 0.25) is 0 Å². The number of hydrogen-bond acceptors (Lipinski definition) is 6. The van der Waals surface area contributed by atoms with E-state index in [0.717, 1.165) is 0 Å². The van der Waals surface area contributed by atoms with Gasteiger partial charge in [0.15, 0.2) is 5.65 Å². The topological polar surface area (TPSA) is 93.4 Å². The molecule has 1 unspecified atom stereocenters. The fraction of sp³-hybridized carbons (Fsp3) is 0.400. The molecule has 1 saturated heterocycles. The highest BCUT2D eigenvalue weighted by Gasteiger charge is 2.23. The van der Waals surface area contributed by atoms with Crippen LogP contribution in [0.15, 0.2) is 30.9 Å². The molecule has 2 N–H and O–H groups in total. The van der Waals surface area contributed by atoms with Gasteiger partial charge in [-0.2, -0.15) is 5.10 Å². The standard InChI is InChI=1S/C20H22ClFN6O2/c1-11(2)16(22)7-25-20(29)15-5-23-17(3-18(15)27-13-9-30-10-13)14-6-26-28-8-12(21)4-24-19(14)28/h3-6,8,11,13,16H,7,9-10H2,1-2H3,(H,23,27)(H,25,29). The van der Waals surface area contributed by atoms with E-state index in [0.29, 0.717) is 46.4 Å². The predicted molar refractivity (Wildman–Crippen MR) is 112 cm³/mol. The molecule has 4 heterocycles. The summed E-state index contributed by atoms with van der Waals surface area (Å²) in [5.41, 5.74) is 2.84. The molecule has 0 spiro atoms. The van der Waals surface area contributed by atoms with Gasteiger partial charge in [0, 0.05) is 18.9 Å². The van der Waals surface area contributed by atoms with Crippen molar-refractivity contribution in [3.05, 3.63) is 41.4 Å². The molecule has 10 heteroatoms. The fourth-order valence-corrected chi connectivity index (χ4v) is 3.14. The summed E-state index contributed by atoms with van der Waals surface area (Å²) in [6.45, 7) is 4.59. The van der Waals surface area contributed by atoms with Gasteiger partial charge >= 0.3 is 0 Å². The number of aromatic nitrogens is 4. The van der Waals surface area contributed by atoms with E-state index in [1.54, 1.807) is 36.8 Å². The Morgan fingerprint density at radius 2 is 2.13 bits per heavy atom. The molecule has 0 bridgehead atoms. The number of hydrogen-bond donors (Lipinski definition) is 2. The van der Waals surface area contributed by atoms with E-state index >= 15 is 0 Å². The van der Waals surface area contributed by atoms with Crippen LogP contribution in [0, 0.1) is 5.92 Å². The number of alkyl halides is 1. The largest absolute Gasteiger partial charge is 0.377 e. The average Bonchev–Trinajstić information content (AvgIpc) is 3.11. The van der Waals surface area contributed by atoms with Gasteiger partial charge in [-0.1, -0.05) is 25.4 Å². The van der Waals surface area contributed by atoms with Gasteiger partial charge in [-0.25, -0.2) is 13.9 Å². The molecule has 0 aromatic carbocycles. The summed E-state index contributed by atoms with van der Waals surface area (Å²) in [7, 11) is 0. The third kappa shape index (κ3) is 4.22. The Morgan fingerprint density at radius 3 is 2.83 bits per heavy atom. The molecule has 1 atom stereocenters. The second-order valence-electron chi connectivity index (χ2n) is 7.56. The van der Waals surface area contributed by atoms with E-state index in [2.05, 4.69) is 25.7 Å². The lowest BCUT2D eigenvalue weighted by atomic mass is 10.1. The molecule has 0 aliphatic carbocycles. The number of anilines is 1. The monoisotopic (exact) mass is 432 g/mol. The average molecular weight is 433 g/mol. The Kier molecular flexibility index (Phi) is 5.83. The Labute approximate surface area is 177 Å². The first-order valence-electron chi connectivity index (χ1n) is 9.68. The molecule has 3 aromatic rings. The van der Waals surface area contributed by atoms with Crippen LogP contribution in [-0.4, -0.2) is 57.5 Å².